The van der Waals surface area contributed by atoms with Gasteiger partial charge >= 0.3 is 0 Å². The number of hydrogen-bond acceptors (Lipinski definition) is 1. The predicted molar refractivity (Wildman–Crippen MR) is 51.6 cm³/mol. The lowest BCUT2D eigenvalue weighted by Crippen LogP contribution is -2.10. The van der Waals surface area contributed by atoms with Gasteiger partial charge in [0, 0.05) is 12.1 Å². The van der Waals surface area contributed by atoms with Crippen LogP contribution in [0.4, 0.5) is 8.78 Å². The van der Waals surface area contributed by atoms with Crippen molar-refractivity contribution in [2.24, 2.45) is 0 Å². The number of rotatable bonds is 2. The van der Waals surface area contributed by atoms with Gasteiger partial charge in [0.05, 0.1) is 4.47 Å². The van der Waals surface area contributed by atoms with E-state index in [2.05, 4.69) is 21.2 Å². The van der Waals surface area contributed by atoms with E-state index in [-0.39, 0.29) is 12.1 Å². The normalized spacial score (nSPS) is 10.5. The summed E-state index contributed by atoms with van der Waals surface area (Å²) in [6, 6.07) is 1.43. The Morgan fingerprint density at radius 3 is 2.54 bits per heavy atom. The topological polar surface area (TPSA) is 12.0 Å². The molecule has 0 unspecified atom stereocenters. The first-order chi connectivity index (χ1) is 6.07. The smallest absolute Gasteiger partial charge is 0.144 e. The summed E-state index contributed by atoms with van der Waals surface area (Å²) in [6.45, 7) is 1.80. The molecular weight excluding hydrogens is 240 g/mol. The Hall–Kier alpha value is -0.480. The van der Waals surface area contributed by atoms with E-state index in [0.717, 1.165) is 0 Å². The van der Waals surface area contributed by atoms with Crippen molar-refractivity contribution in [3.05, 3.63) is 33.3 Å². The highest BCUT2D eigenvalue weighted by atomic mass is 79.9. The standard InChI is InChI=1S/C9H10BrF2N/c1-5-3-7(10)9(12)6(4-13-2)8(5)11/h3,13H,4H2,1-2H3. The molecule has 1 rings (SSSR count). The third kappa shape index (κ3) is 2.06. The molecule has 0 aliphatic rings. The summed E-state index contributed by atoms with van der Waals surface area (Å²) in [7, 11) is 1.65. The molecule has 0 atom stereocenters. The molecule has 0 saturated carbocycles. The molecule has 1 aromatic carbocycles. The molecule has 1 nitrogen and oxygen atoms in total. The summed E-state index contributed by atoms with van der Waals surface area (Å²) < 4.78 is 26.9. The van der Waals surface area contributed by atoms with E-state index in [0.29, 0.717) is 10.0 Å². The van der Waals surface area contributed by atoms with Crippen LogP contribution in [-0.4, -0.2) is 7.05 Å². The zero-order valence-corrected chi connectivity index (χ0v) is 9.00. The molecule has 0 spiro atoms. The van der Waals surface area contributed by atoms with Gasteiger partial charge in [-0.05, 0) is 41.5 Å². The van der Waals surface area contributed by atoms with Crippen LogP contribution in [0.25, 0.3) is 0 Å². The highest BCUT2D eigenvalue weighted by Gasteiger charge is 2.13. The van der Waals surface area contributed by atoms with E-state index in [1.54, 1.807) is 14.0 Å². The Balaban J connectivity index is 3.28. The Labute approximate surface area is 84.3 Å². The van der Waals surface area contributed by atoms with Crippen LogP contribution in [0.3, 0.4) is 0 Å². The van der Waals surface area contributed by atoms with Crippen molar-refractivity contribution in [2.75, 3.05) is 7.05 Å². The molecule has 13 heavy (non-hydrogen) atoms. The molecule has 0 radical (unpaired) electrons. The molecular formula is C9H10BrF2N. The van der Waals surface area contributed by atoms with Crippen LogP contribution in [0.5, 0.6) is 0 Å². The van der Waals surface area contributed by atoms with E-state index in [9.17, 15) is 8.78 Å². The molecule has 0 saturated heterocycles. The fourth-order valence-corrected chi connectivity index (χ4v) is 1.71. The average Bonchev–Trinajstić information content (AvgIpc) is 2.09. The number of aryl methyl sites for hydroxylation is 1. The predicted octanol–water partition coefficient (Wildman–Crippen LogP) is 2.76. The first kappa shape index (κ1) is 10.6. The summed E-state index contributed by atoms with van der Waals surface area (Å²) in [5.41, 5.74) is 0.521. The molecule has 4 heteroatoms. The van der Waals surface area contributed by atoms with Crippen molar-refractivity contribution >= 4 is 15.9 Å². The van der Waals surface area contributed by atoms with Crippen LogP contribution in [0, 0.1) is 18.6 Å². The van der Waals surface area contributed by atoms with Gasteiger partial charge in [-0.3, -0.25) is 0 Å². The Morgan fingerprint density at radius 1 is 1.38 bits per heavy atom. The van der Waals surface area contributed by atoms with E-state index in [1.165, 1.54) is 6.07 Å². The van der Waals surface area contributed by atoms with Gasteiger partial charge in [-0.1, -0.05) is 0 Å². The summed E-state index contributed by atoms with van der Waals surface area (Å²) in [6.07, 6.45) is 0. The average molecular weight is 250 g/mol. The van der Waals surface area contributed by atoms with Crippen molar-refractivity contribution in [2.45, 2.75) is 13.5 Å². The zero-order chi connectivity index (χ0) is 10.0. The summed E-state index contributed by atoms with van der Waals surface area (Å²) in [5.74, 6) is -1.01. The maximum Gasteiger partial charge on any atom is 0.144 e. The van der Waals surface area contributed by atoms with Gasteiger partial charge in [-0.15, -0.1) is 0 Å². The Bertz CT molecular complexity index is 300. The fourth-order valence-electron chi connectivity index (χ4n) is 1.13. The number of halogens is 3. The second-order valence-electron chi connectivity index (χ2n) is 2.81. The largest absolute Gasteiger partial charge is 0.315 e. The summed E-state index contributed by atoms with van der Waals surface area (Å²) >= 11 is 3.03. The van der Waals surface area contributed by atoms with Gasteiger partial charge in [-0.2, -0.15) is 0 Å². The van der Waals surface area contributed by atoms with Crippen molar-refractivity contribution in [1.29, 1.82) is 0 Å². The zero-order valence-electron chi connectivity index (χ0n) is 7.42. The highest BCUT2D eigenvalue weighted by Crippen LogP contribution is 2.24. The molecule has 0 heterocycles. The lowest BCUT2D eigenvalue weighted by atomic mass is 10.1. The quantitative estimate of drug-likeness (QED) is 0.796. The fraction of sp³-hybridized carbons (Fsp3) is 0.333. The maximum atomic E-state index is 13.3. The molecule has 0 aromatic heterocycles. The highest BCUT2D eigenvalue weighted by molar-refractivity contribution is 9.10. The molecule has 0 aliphatic heterocycles. The van der Waals surface area contributed by atoms with Crippen LogP contribution in [-0.2, 0) is 6.54 Å². The molecule has 0 aliphatic carbocycles. The lowest BCUT2D eigenvalue weighted by molar-refractivity contribution is 0.537. The second kappa shape index (κ2) is 4.15. The maximum absolute atomic E-state index is 13.3. The minimum atomic E-state index is -0.530. The third-order valence-electron chi connectivity index (χ3n) is 1.78. The SMILES string of the molecule is CNCc1c(F)c(C)cc(Br)c1F. The van der Waals surface area contributed by atoms with E-state index >= 15 is 0 Å². The minimum absolute atomic E-state index is 0.0781. The molecule has 0 amide bonds. The second-order valence-corrected chi connectivity index (χ2v) is 3.67. The van der Waals surface area contributed by atoms with Crippen LogP contribution in [0.2, 0.25) is 0 Å². The van der Waals surface area contributed by atoms with Crippen molar-refractivity contribution in [3.8, 4) is 0 Å². The number of nitrogens with one attached hydrogen (secondary N) is 1. The molecule has 0 fully saturated rings. The first-order valence-corrected chi connectivity index (χ1v) is 4.64. The van der Waals surface area contributed by atoms with Crippen molar-refractivity contribution in [3.63, 3.8) is 0 Å². The van der Waals surface area contributed by atoms with Crippen LogP contribution in [0.15, 0.2) is 10.5 Å². The van der Waals surface area contributed by atoms with E-state index < -0.39 is 11.6 Å². The van der Waals surface area contributed by atoms with Gasteiger partial charge in [0.25, 0.3) is 0 Å². The molecule has 1 aromatic rings. The van der Waals surface area contributed by atoms with Gasteiger partial charge < -0.3 is 5.32 Å². The Morgan fingerprint density at radius 2 is 2.00 bits per heavy atom. The van der Waals surface area contributed by atoms with E-state index in [4.69, 9.17) is 0 Å². The summed E-state index contributed by atoms with van der Waals surface area (Å²) in [4.78, 5) is 0. The number of hydrogen-bond donors (Lipinski definition) is 1. The van der Waals surface area contributed by atoms with Crippen LogP contribution >= 0.6 is 15.9 Å². The summed E-state index contributed by atoms with van der Waals surface area (Å²) in [5, 5.41) is 2.72. The van der Waals surface area contributed by atoms with E-state index in [1.807, 2.05) is 0 Å². The molecule has 72 valence electrons. The van der Waals surface area contributed by atoms with Crippen molar-refractivity contribution < 1.29 is 8.78 Å². The molecule has 0 bridgehead atoms. The van der Waals surface area contributed by atoms with Crippen LogP contribution in [0.1, 0.15) is 11.1 Å². The molecule has 1 N–H and O–H groups in total. The number of benzene rings is 1. The van der Waals surface area contributed by atoms with Gasteiger partial charge in [-0.25, -0.2) is 8.78 Å². The minimum Gasteiger partial charge on any atom is -0.315 e. The van der Waals surface area contributed by atoms with Crippen LogP contribution < -0.4 is 5.32 Å². The van der Waals surface area contributed by atoms with Gasteiger partial charge in [0.15, 0.2) is 0 Å². The van der Waals surface area contributed by atoms with Gasteiger partial charge in [0.1, 0.15) is 11.6 Å². The van der Waals surface area contributed by atoms with Gasteiger partial charge in [0.2, 0.25) is 0 Å². The van der Waals surface area contributed by atoms with Crippen molar-refractivity contribution in [1.82, 2.24) is 5.32 Å². The first-order valence-electron chi connectivity index (χ1n) is 3.85. The monoisotopic (exact) mass is 249 g/mol. The lowest BCUT2D eigenvalue weighted by Gasteiger charge is -2.08. The Kier molecular flexibility index (Phi) is 3.39. The third-order valence-corrected chi connectivity index (χ3v) is 2.36.